The Kier molecular flexibility index (Phi) is 3.90. The average Bonchev–Trinajstić information content (AvgIpc) is 2.47. The lowest BCUT2D eigenvalue weighted by atomic mass is 10.0. The molecular weight excluding hydrogens is 235 g/mol. The minimum atomic E-state index is 0. The number of hydrogen-bond acceptors (Lipinski definition) is 3. The summed E-state index contributed by atoms with van der Waals surface area (Å²) in [5, 5.41) is 11.5. The highest BCUT2D eigenvalue weighted by Gasteiger charge is 2.23. The van der Waals surface area contributed by atoms with Crippen molar-refractivity contribution < 1.29 is 0 Å². The molecule has 0 saturated carbocycles. The number of aromatic nitrogens is 3. The van der Waals surface area contributed by atoms with E-state index < -0.39 is 0 Å². The van der Waals surface area contributed by atoms with Crippen LogP contribution in [0.15, 0.2) is 24.4 Å². The van der Waals surface area contributed by atoms with Crippen LogP contribution in [0.3, 0.4) is 0 Å². The molecular formula is C9H12Cl2N4. The number of fused-ring (bicyclic) bond motifs is 1. The lowest BCUT2D eigenvalue weighted by Crippen LogP contribution is -2.40. The van der Waals surface area contributed by atoms with Crippen molar-refractivity contribution >= 4 is 30.5 Å². The maximum Gasteiger partial charge on any atom is 0.160 e. The Labute approximate surface area is 99.9 Å². The molecule has 2 aromatic rings. The molecule has 15 heavy (non-hydrogen) atoms. The van der Waals surface area contributed by atoms with Crippen molar-refractivity contribution in [1.82, 2.24) is 19.9 Å². The molecule has 0 bridgehead atoms. The number of halogens is 2. The van der Waals surface area contributed by atoms with Crippen molar-refractivity contribution in [3.63, 3.8) is 0 Å². The third-order valence-electron chi connectivity index (χ3n) is 2.49. The summed E-state index contributed by atoms with van der Waals surface area (Å²) in [7, 11) is 0. The largest absolute Gasteiger partial charge is 0.315 e. The SMILES string of the molecule is Cl.Cl.c1ccn2c(C3CNC3)nnc2c1. The second-order valence-corrected chi connectivity index (χ2v) is 3.34. The summed E-state index contributed by atoms with van der Waals surface area (Å²) in [5.41, 5.74) is 0.935. The van der Waals surface area contributed by atoms with Crippen LogP contribution in [-0.2, 0) is 0 Å². The molecule has 1 aliphatic rings. The van der Waals surface area contributed by atoms with Crippen LogP contribution >= 0.6 is 24.8 Å². The third-order valence-corrected chi connectivity index (χ3v) is 2.49. The highest BCUT2D eigenvalue weighted by Crippen LogP contribution is 2.17. The predicted octanol–water partition coefficient (Wildman–Crippen LogP) is 1.26. The fourth-order valence-corrected chi connectivity index (χ4v) is 1.61. The highest BCUT2D eigenvalue weighted by atomic mass is 35.5. The summed E-state index contributed by atoms with van der Waals surface area (Å²) in [4.78, 5) is 0. The predicted molar refractivity (Wildman–Crippen MR) is 63.1 cm³/mol. The van der Waals surface area contributed by atoms with Crippen LogP contribution < -0.4 is 5.32 Å². The zero-order chi connectivity index (χ0) is 8.67. The molecule has 0 radical (unpaired) electrons. The first-order valence-corrected chi connectivity index (χ1v) is 4.45. The Morgan fingerprint density at radius 3 is 2.67 bits per heavy atom. The van der Waals surface area contributed by atoms with Gasteiger partial charge < -0.3 is 5.32 Å². The van der Waals surface area contributed by atoms with Gasteiger partial charge in [0.2, 0.25) is 0 Å². The van der Waals surface area contributed by atoms with E-state index in [2.05, 4.69) is 19.9 Å². The second-order valence-electron chi connectivity index (χ2n) is 3.34. The van der Waals surface area contributed by atoms with Crippen LogP contribution in [0.25, 0.3) is 5.65 Å². The standard InChI is InChI=1S/C9H10N4.2ClH/c1-2-4-13-8(3-1)11-12-9(13)7-5-10-6-7;;/h1-4,7,10H,5-6H2;2*1H. The van der Waals surface area contributed by atoms with E-state index in [9.17, 15) is 0 Å². The number of hydrogen-bond donors (Lipinski definition) is 1. The molecule has 4 nitrogen and oxygen atoms in total. The van der Waals surface area contributed by atoms with Crippen molar-refractivity contribution in [1.29, 1.82) is 0 Å². The summed E-state index contributed by atoms with van der Waals surface area (Å²) in [5.74, 6) is 1.62. The number of nitrogens with one attached hydrogen (secondary N) is 1. The lowest BCUT2D eigenvalue weighted by Gasteiger charge is -2.25. The molecule has 82 valence electrons. The van der Waals surface area contributed by atoms with Crippen LogP contribution in [0.5, 0.6) is 0 Å². The van der Waals surface area contributed by atoms with E-state index in [-0.39, 0.29) is 24.8 Å². The lowest BCUT2D eigenvalue weighted by molar-refractivity contribution is 0.427. The first-order chi connectivity index (χ1) is 6.45. The average molecular weight is 247 g/mol. The Hall–Kier alpha value is -0.840. The van der Waals surface area contributed by atoms with Crippen molar-refractivity contribution in [2.45, 2.75) is 5.92 Å². The maximum atomic E-state index is 4.19. The van der Waals surface area contributed by atoms with Gasteiger partial charge in [-0.05, 0) is 12.1 Å². The van der Waals surface area contributed by atoms with Crippen molar-refractivity contribution in [3.8, 4) is 0 Å². The molecule has 0 aromatic carbocycles. The van der Waals surface area contributed by atoms with Gasteiger partial charge in [-0.15, -0.1) is 35.0 Å². The van der Waals surface area contributed by atoms with E-state index >= 15 is 0 Å². The van der Waals surface area contributed by atoms with Gasteiger partial charge in [0.25, 0.3) is 0 Å². The zero-order valence-corrected chi connectivity index (χ0v) is 9.59. The molecule has 0 spiro atoms. The van der Waals surface area contributed by atoms with Crippen molar-refractivity contribution in [3.05, 3.63) is 30.2 Å². The van der Waals surface area contributed by atoms with E-state index in [1.165, 1.54) is 0 Å². The van der Waals surface area contributed by atoms with Crippen LogP contribution in [0.4, 0.5) is 0 Å². The van der Waals surface area contributed by atoms with Gasteiger partial charge in [0, 0.05) is 25.2 Å². The highest BCUT2D eigenvalue weighted by molar-refractivity contribution is 5.85. The minimum absolute atomic E-state index is 0. The molecule has 2 aromatic heterocycles. The van der Waals surface area contributed by atoms with Gasteiger partial charge in [-0.1, -0.05) is 6.07 Å². The van der Waals surface area contributed by atoms with E-state index in [4.69, 9.17) is 0 Å². The van der Waals surface area contributed by atoms with Gasteiger partial charge >= 0.3 is 0 Å². The van der Waals surface area contributed by atoms with Crippen molar-refractivity contribution in [2.24, 2.45) is 0 Å². The van der Waals surface area contributed by atoms with Crippen LogP contribution in [0, 0.1) is 0 Å². The Morgan fingerprint density at radius 1 is 1.20 bits per heavy atom. The van der Waals surface area contributed by atoms with Gasteiger partial charge in [0.15, 0.2) is 5.65 Å². The summed E-state index contributed by atoms with van der Waals surface area (Å²) in [6.45, 7) is 2.05. The fourth-order valence-electron chi connectivity index (χ4n) is 1.61. The molecule has 0 atom stereocenters. The smallest absolute Gasteiger partial charge is 0.160 e. The topological polar surface area (TPSA) is 42.2 Å². The Balaban J connectivity index is 0.000000562. The van der Waals surface area contributed by atoms with E-state index in [1.807, 2.05) is 24.4 Å². The van der Waals surface area contributed by atoms with Gasteiger partial charge in [-0.2, -0.15) is 0 Å². The van der Waals surface area contributed by atoms with Crippen molar-refractivity contribution in [2.75, 3.05) is 13.1 Å². The van der Waals surface area contributed by atoms with Crippen LogP contribution in [0.1, 0.15) is 11.7 Å². The number of pyridine rings is 1. The molecule has 1 saturated heterocycles. The molecule has 1 N–H and O–H groups in total. The van der Waals surface area contributed by atoms with Gasteiger partial charge in [-0.3, -0.25) is 4.40 Å². The second kappa shape index (κ2) is 4.79. The number of rotatable bonds is 1. The summed E-state index contributed by atoms with van der Waals surface area (Å²) < 4.78 is 2.06. The monoisotopic (exact) mass is 246 g/mol. The summed E-state index contributed by atoms with van der Waals surface area (Å²) in [6.07, 6.45) is 2.02. The number of nitrogens with zero attached hydrogens (tertiary/aromatic N) is 3. The van der Waals surface area contributed by atoms with E-state index in [0.29, 0.717) is 5.92 Å². The normalized spacial score (nSPS) is 15.2. The van der Waals surface area contributed by atoms with Gasteiger partial charge in [0.05, 0.1) is 0 Å². The van der Waals surface area contributed by atoms with E-state index in [0.717, 1.165) is 24.6 Å². The van der Waals surface area contributed by atoms with Gasteiger partial charge in [-0.25, -0.2) is 0 Å². The quantitative estimate of drug-likeness (QED) is 0.824. The van der Waals surface area contributed by atoms with Crippen LogP contribution in [0.2, 0.25) is 0 Å². The van der Waals surface area contributed by atoms with Crippen LogP contribution in [-0.4, -0.2) is 27.7 Å². The molecule has 3 rings (SSSR count). The fraction of sp³-hybridized carbons (Fsp3) is 0.333. The molecule has 0 aliphatic carbocycles. The molecule has 3 heterocycles. The Bertz CT molecular complexity index is 438. The first kappa shape index (κ1) is 12.2. The maximum absolute atomic E-state index is 4.19. The van der Waals surface area contributed by atoms with Gasteiger partial charge in [0.1, 0.15) is 5.82 Å². The van der Waals surface area contributed by atoms with E-state index in [1.54, 1.807) is 0 Å². The third kappa shape index (κ3) is 1.93. The minimum Gasteiger partial charge on any atom is -0.315 e. The summed E-state index contributed by atoms with van der Waals surface area (Å²) in [6, 6.07) is 5.96. The molecule has 0 amide bonds. The first-order valence-electron chi connectivity index (χ1n) is 4.45. The molecule has 1 fully saturated rings. The zero-order valence-electron chi connectivity index (χ0n) is 7.96. The molecule has 1 aliphatic heterocycles. The summed E-state index contributed by atoms with van der Waals surface area (Å²) >= 11 is 0. The Morgan fingerprint density at radius 2 is 2.00 bits per heavy atom. The molecule has 0 unspecified atom stereocenters. The molecule has 6 heteroatoms.